The number of piperidine rings is 1. The molecule has 2 fully saturated rings. The molecule has 0 bridgehead atoms. The molecule has 1 aromatic heterocycles. The van der Waals surface area contributed by atoms with Crippen LogP contribution in [0.15, 0.2) is 34.9 Å². The molecule has 10 heteroatoms. The highest BCUT2D eigenvalue weighted by molar-refractivity contribution is 6.33. The van der Waals surface area contributed by atoms with Gasteiger partial charge in [-0.3, -0.25) is 14.4 Å². The van der Waals surface area contributed by atoms with Crippen LogP contribution < -0.4 is 10.6 Å². The van der Waals surface area contributed by atoms with E-state index in [9.17, 15) is 14.4 Å². The highest BCUT2D eigenvalue weighted by Crippen LogP contribution is 2.38. The molecule has 0 aliphatic carbocycles. The molecule has 9 nitrogen and oxygen atoms in total. The highest BCUT2D eigenvalue weighted by atomic mass is 35.5. The van der Waals surface area contributed by atoms with Gasteiger partial charge in [0.2, 0.25) is 11.8 Å². The number of rotatable bonds is 2. The number of nitrogens with one attached hydrogen (secondary N) is 2. The zero-order valence-corrected chi connectivity index (χ0v) is 21.5. The Labute approximate surface area is 215 Å². The maximum Gasteiger partial charge on any atom is 0.276 e. The van der Waals surface area contributed by atoms with Crippen molar-refractivity contribution in [2.45, 2.75) is 58.0 Å². The van der Waals surface area contributed by atoms with Crippen LogP contribution in [0.3, 0.4) is 0 Å². The summed E-state index contributed by atoms with van der Waals surface area (Å²) in [6.07, 6.45) is 3.35. The number of carbonyl (C=O) groups excluding carboxylic acids is 3. The molecule has 2 N–H and O–H groups in total. The van der Waals surface area contributed by atoms with Crippen molar-refractivity contribution in [1.29, 1.82) is 0 Å². The summed E-state index contributed by atoms with van der Waals surface area (Å²) in [4.78, 5) is 40.8. The molecule has 2 atom stereocenters. The van der Waals surface area contributed by atoms with Gasteiger partial charge < -0.3 is 24.8 Å². The lowest BCUT2D eigenvalue weighted by atomic mass is 9.73. The van der Waals surface area contributed by atoms with Crippen molar-refractivity contribution in [3.05, 3.63) is 41.0 Å². The number of carbonyl (C=O) groups is 3. The zero-order valence-electron chi connectivity index (χ0n) is 20.7. The van der Waals surface area contributed by atoms with E-state index in [2.05, 4.69) is 15.8 Å². The van der Waals surface area contributed by atoms with E-state index in [1.165, 1.54) is 0 Å². The predicted octanol–water partition coefficient (Wildman–Crippen LogP) is 3.43. The molecule has 36 heavy (non-hydrogen) atoms. The topological polar surface area (TPSA) is 114 Å². The molecular formula is C26H33ClN4O5. The molecule has 1 aromatic carbocycles. The molecule has 4 rings (SSSR count). The lowest BCUT2D eigenvalue weighted by molar-refractivity contribution is -0.137. The second kappa shape index (κ2) is 11.4. The minimum Gasteiger partial charge on any atom is -0.379 e. The summed E-state index contributed by atoms with van der Waals surface area (Å²) in [5, 5.41) is 10.3. The van der Waals surface area contributed by atoms with Crippen LogP contribution in [0.1, 0.15) is 56.4 Å². The first-order valence-corrected chi connectivity index (χ1v) is 12.9. The Morgan fingerprint density at radius 3 is 2.61 bits per heavy atom. The number of amides is 3. The van der Waals surface area contributed by atoms with E-state index in [4.69, 9.17) is 20.9 Å². The van der Waals surface area contributed by atoms with Gasteiger partial charge in [0.05, 0.1) is 17.0 Å². The Kier molecular flexibility index (Phi) is 8.31. The number of likely N-dealkylation sites (tertiary alicyclic amines) is 1. The number of aromatic nitrogens is 1. The van der Waals surface area contributed by atoms with Crippen molar-refractivity contribution in [3.63, 3.8) is 0 Å². The minimum atomic E-state index is -0.657. The van der Waals surface area contributed by atoms with Gasteiger partial charge in [0.1, 0.15) is 6.04 Å². The van der Waals surface area contributed by atoms with Gasteiger partial charge in [0.25, 0.3) is 5.91 Å². The van der Waals surface area contributed by atoms with Crippen molar-refractivity contribution in [1.82, 2.24) is 20.7 Å². The average molecular weight is 517 g/mol. The third kappa shape index (κ3) is 5.90. The normalized spacial score (nSPS) is 23.7. The molecule has 2 aliphatic heterocycles. The smallest absolute Gasteiger partial charge is 0.276 e. The monoisotopic (exact) mass is 516 g/mol. The summed E-state index contributed by atoms with van der Waals surface area (Å²) in [5.41, 5.74) is 0.231. The fraction of sp³-hybridized carbons (Fsp3) is 0.538. The lowest BCUT2D eigenvalue weighted by Gasteiger charge is -2.41. The first-order chi connectivity index (χ1) is 17.3. The number of hydrogen-bond acceptors (Lipinski definition) is 6. The zero-order chi connectivity index (χ0) is 25.7. The Morgan fingerprint density at radius 1 is 1.11 bits per heavy atom. The largest absolute Gasteiger partial charge is 0.379 e. The fourth-order valence-corrected chi connectivity index (χ4v) is 5.04. The summed E-state index contributed by atoms with van der Waals surface area (Å²) >= 11 is 6.24. The van der Waals surface area contributed by atoms with Gasteiger partial charge >= 0.3 is 0 Å². The van der Waals surface area contributed by atoms with E-state index in [0.717, 1.165) is 12.8 Å². The molecular weight excluding hydrogens is 484 g/mol. The Morgan fingerprint density at radius 2 is 1.86 bits per heavy atom. The SMILES string of the molecule is C[C@@H]1NC(=O)C2(CCCCOC[C@H](C)NC1=O)CCN(C(=O)c1cc(-c3ccccc3Cl)on1)CC2. The maximum absolute atomic E-state index is 13.4. The number of hydrogen-bond donors (Lipinski definition) is 2. The van der Waals surface area contributed by atoms with Gasteiger partial charge in [-0.2, -0.15) is 0 Å². The van der Waals surface area contributed by atoms with Gasteiger partial charge in [-0.25, -0.2) is 0 Å². The molecule has 2 aromatic rings. The van der Waals surface area contributed by atoms with Gasteiger partial charge in [-0.15, -0.1) is 0 Å². The summed E-state index contributed by atoms with van der Waals surface area (Å²) in [6.45, 7) is 5.41. The van der Waals surface area contributed by atoms with Crippen LogP contribution in [0.25, 0.3) is 11.3 Å². The van der Waals surface area contributed by atoms with Crippen molar-refractivity contribution >= 4 is 29.3 Å². The van der Waals surface area contributed by atoms with E-state index >= 15 is 0 Å². The summed E-state index contributed by atoms with van der Waals surface area (Å²) in [6, 6.07) is 8.02. The summed E-state index contributed by atoms with van der Waals surface area (Å²) in [5.74, 6) is -0.183. The minimum absolute atomic E-state index is 0.129. The first kappa shape index (κ1) is 26.2. The Bertz CT molecular complexity index is 1100. The average Bonchev–Trinajstić information content (AvgIpc) is 3.36. The van der Waals surface area contributed by atoms with Crippen LogP contribution in [0.5, 0.6) is 0 Å². The van der Waals surface area contributed by atoms with Crippen LogP contribution in [0.4, 0.5) is 0 Å². The van der Waals surface area contributed by atoms with E-state index in [0.29, 0.717) is 61.9 Å². The molecule has 0 radical (unpaired) electrons. The number of ether oxygens (including phenoxy) is 1. The van der Waals surface area contributed by atoms with Crippen molar-refractivity contribution in [2.24, 2.45) is 5.41 Å². The van der Waals surface area contributed by atoms with E-state index in [1.807, 2.05) is 19.1 Å². The molecule has 2 aliphatic rings. The second-order valence-corrected chi connectivity index (χ2v) is 10.2. The van der Waals surface area contributed by atoms with E-state index < -0.39 is 11.5 Å². The number of benzene rings is 1. The molecule has 0 saturated carbocycles. The van der Waals surface area contributed by atoms with Crippen LogP contribution in [-0.4, -0.2) is 66.2 Å². The maximum atomic E-state index is 13.4. The van der Waals surface area contributed by atoms with Crippen LogP contribution >= 0.6 is 11.6 Å². The van der Waals surface area contributed by atoms with Gasteiger partial charge in [-0.1, -0.05) is 35.3 Å². The third-order valence-electron chi connectivity index (χ3n) is 7.05. The molecule has 194 valence electrons. The predicted molar refractivity (Wildman–Crippen MR) is 134 cm³/mol. The summed E-state index contributed by atoms with van der Waals surface area (Å²) < 4.78 is 11.1. The van der Waals surface area contributed by atoms with E-state index in [1.54, 1.807) is 30.0 Å². The fourth-order valence-electron chi connectivity index (χ4n) is 4.81. The quantitative estimate of drug-likeness (QED) is 0.632. The van der Waals surface area contributed by atoms with E-state index in [-0.39, 0.29) is 29.5 Å². The molecule has 2 saturated heterocycles. The van der Waals surface area contributed by atoms with Crippen molar-refractivity contribution < 1.29 is 23.6 Å². The molecule has 3 heterocycles. The second-order valence-electron chi connectivity index (χ2n) is 9.77. The lowest BCUT2D eigenvalue weighted by Crippen LogP contribution is -2.55. The first-order valence-electron chi connectivity index (χ1n) is 12.5. The Hall–Kier alpha value is -2.91. The van der Waals surface area contributed by atoms with Gasteiger partial charge in [0.15, 0.2) is 11.5 Å². The van der Waals surface area contributed by atoms with Gasteiger partial charge in [0, 0.05) is 37.4 Å². The summed E-state index contributed by atoms with van der Waals surface area (Å²) in [7, 11) is 0. The standard InChI is InChI=1S/C26H33ClN4O5/c1-17-16-35-14-6-5-9-26(25(34)29-18(2)23(32)28-17)10-12-31(13-11-26)24(33)21-15-22(36-30-21)19-7-3-4-8-20(19)27/h3-4,7-8,15,17-18H,5-6,9-14,16H2,1-2H3,(H,28,32)(H,29,34)/t17-,18-/m0/s1. The molecule has 3 amide bonds. The van der Waals surface area contributed by atoms with Gasteiger partial charge in [-0.05, 0) is 51.7 Å². The highest BCUT2D eigenvalue weighted by Gasteiger charge is 2.43. The molecule has 0 unspecified atom stereocenters. The van der Waals surface area contributed by atoms with Crippen LogP contribution in [-0.2, 0) is 14.3 Å². The third-order valence-corrected chi connectivity index (χ3v) is 7.38. The van der Waals surface area contributed by atoms with Crippen LogP contribution in [0, 0.1) is 5.41 Å². The van der Waals surface area contributed by atoms with Crippen molar-refractivity contribution in [2.75, 3.05) is 26.3 Å². The van der Waals surface area contributed by atoms with Crippen LogP contribution in [0.2, 0.25) is 5.02 Å². The molecule has 1 spiro atoms. The number of halogens is 1. The van der Waals surface area contributed by atoms with Crippen molar-refractivity contribution in [3.8, 4) is 11.3 Å². The Balaban J connectivity index is 1.44. The number of nitrogens with zero attached hydrogens (tertiary/aromatic N) is 2.